The fourth-order valence-electron chi connectivity index (χ4n) is 3.43. The van der Waals surface area contributed by atoms with Gasteiger partial charge in [-0.25, -0.2) is 8.42 Å². The van der Waals surface area contributed by atoms with E-state index < -0.39 is 10.0 Å². The number of ether oxygens (including phenoxy) is 1. The molecule has 2 rings (SSSR count). The summed E-state index contributed by atoms with van der Waals surface area (Å²) in [6, 6.07) is 6.80. The molecule has 6 nitrogen and oxygen atoms in total. The molecule has 1 atom stereocenters. The van der Waals surface area contributed by atoms with E-state index in [4.69, 9.17) is 4.74 Å². The number of esters is 1. The van der Waals surface area contributed by atoms with Crippen LogP contribution in [-0.2, 0) is 26.0 Å². The van der Waals surface area contributed by atoms with Gasteiger partial charge in [0.2, 0.25) is 10.0 Å². The number of carbonyl (C=O) groups excluding carboxylic acids is 1. The molecule has 1 fully saturated rings. The Morgan fingerprint density at radius 2 is 1.85 bits per heavy atom. The van der Waals surface area contributed by atoms with Gasteiger partial charge in [-0.3, -0.25) is 9.69 Å². The Morgan fingerprint density at radius 3 is 2.44 bits per heavy atom. The molecular formula is C20H32N2O4S. The standard InChI is InChI=1S/C20H32N2O4S/c1-4-21-15-7-8-18(16-21)26-20(23)14-11-17-9-12-19(13-10-17)27(24,25)22(5-2)6-3/h9-10,12-13,18H,4-8,11,14-16H2,1-3H3. The highest BCUT2D eigenvalue weighted by Crippen LogP contribution is 2.18. The summed E-state index contributed by atoms with van der Waals surface area (Å²) in [5.41, 5.74) is 0.935. The molecule has 0 aliphatic carbocycles. The molecule has 1 unspecified atom stereocenters. The van der Waals surface area contributed by atoms with Crippen LogP contribution in [0.5, 0.6) is 0 Å². The molecule has 152 valence electrons. The van der Waals surface area contributed by atoms with Gasteiger partial charge in [-0.15, -0.1) is 0 Å². The van der Waals surface area contributed by atoms with Crippen molar-refractivity contribution < 1.29 is 17.9 Å². The number of rotatable bonds is 9. The minimum Gasteiger partial charge on any atom is -0.461 e. The van der Waals surface area contributed by atoms with Crippen molar-refractivity contribution in [2.45, 2.75) is 57.5 Å². The second kappa shape index (κ2) is 10.2. The first-order valence-electron chi connectivity index (χ1n) is 9.91. The summed E-state index contributed by atoms with van der Waals surface area (Å²) in [5.74, 6) is -0.183. The lowest BCUT2D eigenvalue weighted by Gasteiger charge is -2.31. The van der Waals surface area contributed by atoms with Gasteiger partial charge >= 0.3 is 5.97 Å². The molecule has 7 heteroatoms. The molecule has 0 saturated carbocycles. The van der Waals surface area contributed by atoms with Crippen LogP contribution < -0.4 is 0 Å². The number of nitrogens with zero attached hydrogens (tertiary/aromatic N) is 2. The van der Waals surface area contributed by atoms with Crippen LogP contribution in [-0.4, -0.2) is 62.4 Å². The van der Waals surface area contributed by atoms with E-state index in [1.165, 1.54) is 4.31 Å². The molecular weight excluding hydrogens is 364 g/mol. The predicted octanol–water partition coefficient (Wildman–Crippen LogP) is 2.68. The zero-order valence-electron chi connectivity index (χ0n) is 16.7. The van der Waals surface area contributed by atoms with E-state index >= 15 is 0 Å². The average Bonchev–Trinajstić information content (AvgIpc) is 2.67. The summed E-state index contributed by atoms with van der Waals surface area (Å²) < 4.78 is 32.0. The van der Waals surface area contributed by atoms with E-state index in [9.17, 15) is 13.2 Å². The molecule has 0 N–H and O–H groups in total. The van der Waals surface area contributed by atoms with Gasteiger partial charge in [-0.1, -0.05) is 32.9 Å². The Balaban J connectivity index is 1.87. The Kier molecular flexibility index (Phi) is 8.26. The molecule has 1 saturated heterocycles. The van der Waals surface area contributed by atoms with Crippen LogP contribution >= 0.6 is 0 Å². The Bertz CT molecular complexity index is 699. The molecule has 0 spiro atoms. The molecule has 0 aromatic heterocycles. The third-order valence-electron chi connectivity index (χ3n) is 5.09. The summed E-state index contributed by atoms with van der Waals surface area (Å²) in [6.07, 6.45) is 2.85. The van der Waals surface area contributed by atoms with E-state index in [1.807, 2.05) is 13.8 Å². The Morgan fingerprint density at radius 1 is 1.19 bits per heavy atom. The predicted molar refractivity (Wildman–Crippen MR) is 106 cm³/mol. The van der Waals surface area contributed by atoms with Crippen molar-refractivity contribution in [2.24, 2.45) is 0 Å². The third kappa shape index (κ3) is 6.02. The van der Waals surface area contributed by atoms with Crippen molar-refractivity contribution in [3.8, 4) is 0 Å². The second-order valence-electron chi connectivity index (χ2n) is 6.88. The molecule has 1 aliphatic heterocycles. The van der Waals surface area contributed by atoms with Gasteiger partial charge in [-0.05, 0) is 50.0 Å². The topological polar surface area (TPSA) is 66.9 Å². The van der Waals surface area contributed by atoms with Crippen molar-refractivity contribution in [3.63, 3.8) is 0 Å². The van der Waals surface area contributed by atoms with Gasteiger partial charge in [0.25, 0.3) is 0 Å². The van der Waals surface area contributed by atoms with Gasteiger partial charge in [-0.2, -0.15) is 4.31 Å². The second-order valence-corrected chi connectivity index (χ2v) is 8.82. The maximum Gasteiger partial charge on any atom is 0.306 e. The lowest BCUT2D eigenvalue weighted by molar-refractivity contribution is -0.151. The van der Waals surface area contributed by atoms with Gasteiger partial charge in [0.05, 0.1) is 4.90 Å². The fourth-order valence-corrected chi connectivity index (χ4v) is 4.89. The quantitative estimate of drug-likeness (QED) is 0.601. The van der Waals surface area contributed by atoms with Gasteiger partial charge < -0.3 is 4.74 Å². The summed E-state index contributed by atoms with van der Waals surface area (Å²) in [4.78, 5) is 14.7. The van der Waals surface area contributed by atoms with Crippen molar-refractivity contribution >= 4 is 16.0 Å². The third-order valence-corrected chi connectivity index (χ3v) is 7.16. The van der Waals surface area contributed by atoms with Gasteiger partial charge in [0, 0.05) is 26.1 Å². The number of piperidine rings is 1. The van der Waals surface area contributed by atoms with Crippen LogP contribution in [0.1, 0.15) is 45.6 Å². The maximum absolute atomic E-state index is 12.5. The Labute approximate surface area is 163 Å². The molecule has 27 heavy (non-hydrogen) atoms. The molecule has 1 aromatic rings. The van der Waals surface area contributed by atoms with Crippen LogP contribution in [0, 0.1) is 0 Å². The zero-order chi connectivity index (χ0) is 19.9. The number of aryl methyl sites for hydroxylation is 1. The van der Waals surface area contributed by atoms with Crippen LogP contribution in [0.4, 0.5) is 0 Å². The largest absolute Gasteiger partial charge is 0.461 e. The highest BCUT2D eigenvalue weighted by Gasteiger charge is 2.23. The monoisotopic (exact) mass is 396 g/mol. The molecule has 0 amide bonds. The highest BCUT2D eigenvalue weighted by molar-refractivity contribution is 7.89. The van der Waals surface area contributed by atoms with Crippen LogP contribution in [0.25, 0.3) is 0 Å². The molecule has 1 heterocycles. The zero-order valence-corrected chi connectivity index (χ0v) is 17.5. The Hall–Kier alpha value is -1.44. The summed E-state index contributed by atoms with van der Waals surface area (Å²) >= 11 is 0. The first kappa shape index (κ1) is 21.9. The molecule has 0 bridgehead atoms. The fraction of sp³-hybridized carbons (Fsp3) is 0.650. The van der Waals surface area contributed by atoms with E-state index in [0.29, 0.717) is 30.8 Å². The summed E-state index contributed by atoms with van der Waals surface area (Å²) in [6.45, 7) is 9.55. The smallest absolute Gasteiger partial charge is 0.306 e. The lowest BCUT2D eigenvalue weighted by Crippen LogP contribution is -2.40. The van der Waals surface area contributed by atoms with Crippen LogP contribution in [0.2, 0.25) is 0 Å². The number of hydrogen-bond acceptors (Lipinski definition) is 5. The van der Waals surface area contributed by atoms with Crippen molar-refractivity contribution in [1.82, 2.24) is 9.21 Å². The lowest BCUT2D eigenvalue weighted by atomic mass is 10.1. The molecule has 0 radical (unpaired) electrons. The van der Waals surface area contributed by atoms with E-state index in [0.717, 1.165) is 38.0 Å². The molecule has 1 aromatic carbocycles. The number of likely N-dealkylation sites (N-methyl/N-ethyl adjacent to an activating group) is 1. The number of carbonyl (C=O) groups is 1. The van der Waals surface area contributed by atoms with E-state index in [-0.39, 0.29) is 12.1 Å². The normalized spacial score (nSPS) is 18.6. The van der Waals surface area contributed by atoms with E-state index in [1.54, 1.807) is 24.3 Å². The van der Waals surface area contributed by atoms with Crippen LogP contribution in [0.15, 0.2) is 29.2 Å². The minimum atomic E-state index is -3.44. The average molecular weight is 397 g/mol. The first-order valence-corrected chi connectivity index (χ1v) is 11.4. The SMILES string of the molecule is CCN1CCCC(OC(=O)CCc2ccc(S(=O)(=O)N(CC)CC)cc2)C1. The minimum absolute atomic E-state index is 0.00668. The van der Waals surface area contributed by atoms with Crippen LogP contribution in [0.3, 0.4) is 0 Å². The summed E-state index contributed by atoms with van der Waals surface area (Å²) in [7, 11) is -3.44. The number of likely N-dealkylation sites (tertiary alicyclic amines) is 1. The molecule has 1 aliphatic rings. The van der Waals surface area contributed by atoms with Gasteiger partial charge in [0.1, 0.15) is 6.10 Å². The number of benzene rings is 1. The summed E-state index contributed by atoms with van der Waals surface area (Å²) in [5, 5.41) is 0. The van der Waals surface area contributed by atoms with Crippen molar-refractivity contribution in [1.29, 1.82) is 0 Å². The maximum atomic E-state index is 12.5. The van der Waals surface area contributed by atoms with Crippen molar-refractivity contribution in [2.75, 3.05) is 32.7 Å². The number of hydrogen-bond donors (Lipinski definition) is 0. The van der Waals surface area contributed by atoms with Gasteiger partial charge in [0.15, 0.2) is 0 Å². The number of sulfonamides is 1. The van der Waals surface area contributed by atoms with Crippen molar-refractivity contribution in [3.05, 3.63) is 29.8 Å². The highest BCUT2D eigenvalue weighted by atomic mass is 32.2. The first-order chi connectivity index (χ1) is 12.9. The van der Waals surface area contributed by atoms with E-state index in [2.05, 4.69) is 11.8 Å².